The largest absolute Gasteiger partial charge is 0.487 e. The summed E-state index contributed by atoms with van der Waals surface area (Å²) in [6, 6.07) is 6.27. The Morgan fingerprint density at radius 3 is 3.08 bits per heavy atom. The van der Waals surface area contributed by atoms with Crippen LogP contribution in [0.1, 0.15) is 18.1 Å². The van der Waals surface area contributed by atoms with E-state index in [-0.39, 0.29) is 17.4 Å². The summed E-state index contributed by atoms with van der Waals surface area (Å²) in [6.45, 7) is 2.89. The smallest absolute Gasteiger partial charge is 0.164 e. The Balaban J connectivity index is 1.91. The van der Waals surface area contributed by atoms with E-state index in [0.29, 0.717) is 36.1 Å². The Bertz CT molecular complexity index is 1040. The highest BCUT2D eigenvalue weighted by molar-refractivity contribution is 5.73. The van der Waals surface area contributed by atoms with Gasteiger partial charge in [0, 0.05) is 19.3 Å². The molecule has 8 nitrogen and oxygen atoms in total. The summed E-state index contributed by atoms with van der Waals surface area (Å²) < 4.78 is 21.6. The number of nitrogens with one attached hydrogen (secondary N) is 2. The number of fused-ring (bicyclic) bond motifs is 2. The molecule has 132 valence electrons. The zero-order valence-electron chi connectivity index (χ0n) is 14.0. The van der Waals surface area contributed by atoms with Gasteiger partial charge in [-0.2, -0.15) is 5.26 Å². The van der Waals surface area contributed by atoms with Gasteiger partial charge in [-0.25, -0.2) is 13.9 Å². The fourth-order valence-electron chi connectivity index (χ4n) is 2.91. The third-order valence-electron chi connectivity index (χ3n) is 4.15. The predicted octanol–water partition coefficient (Wildman–Crippen LogP) is 1.94. The fourth-order valence-corrected chi connectivity index (χ4v) is 2.91. The normalized spacial score (nSPS) is 16.7. The molecule has 0 radical (unpaired) electrons. The number of halogens is 1. The summed E-state index contributed by atoms with van der Waals surface area (Å²) in [5.74, 6) is 0.569. The van der Waals surface area contributed by atoms with Gasteiger partial charge in [-0.05, 0) is 25.1 Å². The zero-order chi connectivity index (χ0) is 18.3. The van der Waals surface area contributed by atoms with Crippen LogP contribution in [0.25, 0.3) is 5.65 Å². The first-order chi connectivity index (χ1) is 12.6. The highest BCUT2D eigenvalue weighted by atomic mass is 19.1. The van der Waals surface area contributed by atoms with Crippen molar-refractivity contribution in [2.24, 2.45) is 0 Å². The highest BCUT2D eigenvalue weighted by Crippen LogP contribution is 2.33. The SMILES string of the molecule is C[C@H]1CNCc2c(N)nn3ccc(nc23)Nc2c(ccc(F)c2C#N)O1. The van der Waals surface area contributed by atoms with E-state index in [0.717, 1.165) is 5.56 Å². The molecule has 4 rings (SSSR count). The summed E-state index contributed by atoms with van der Waals surface area (Å²) in [4.78, 5) is 4.52. The topological polar surface area (TPSA) is 113 Å². The summed E-state index contributed by atoms with van der Waals surface area (Å²) in [5, 5.41) is 19.9. The van der Waals surface area contributed by atoms with Gasteiger partial charge in [-0.3, -0.25) is 0 Å². The van der Waals surface area contributed by atoms with Crippen molar-refractivity contribution in [3.63, 3.8) is 0 Å². The maximum atomic E-state index is 14.1. The summed E-state index contributed by atoms with van der Waals surface area (Å²) in [6.07, 6.45) is 1.48. The maximum Gasteiger partial charge on any atom is 0.164 e. The quantitative estimate of drug-likeness (QED) is 0.566. The van der Waals surface area contributed by atoms with E-state index < -0.39 is 5.82 Å². The molecule has 0 spiro atoms. The molecular formula is C17H16FN7O. The number of anilines is 3. The van der Waals surface area contributed by atoms with Crippen LogP contribution in [-0.4, -0.2) is 27.2 Å². The molecule has 1 atom stereocenters. The van der Waals surface area contributed by atoms with E-state index in [1.54, 1.807) is 16.8 Å². The molecule has 26 heavy (non-hydrogen) atoms. The van der Waals surface area contributed by atoms with Gasteiger partial charge >= 0.3 is 0 Å². The molecule has 1 aromatic carbocycles. The summed E-state index contributed by atoms with van der Waals surface area (Å²) >= 11 is 0. The van der Waals surface area contributed by atoms with E-state index in [1.165, 1.54) is 12.1 Å². The van der Waals surface area contributed by atoms with Crippen molar-refractivity contribution in [2.75, 3.05) is 17.6 Å². The van der Waals surface area contributed by atoms with Crippen LogP contribution < -0.4 is 21.1 Å². The molecule has 4 N–H and O–H groups in total. The molecular weight excluding hydrogens is 337 g/mol. The third-order valence-corrected chi connectivity index (χ3v) is 4.15. The van der Waals surface area contributed by atoms with Gasteiger partial charge in [0.25, 0.3) is 0 Å². The first-order valence-electron chi connectivity index (χ1n) is 8.07. The predicted molar refractivity (Wildman–Crippen MR) is 93.6 cm³/mol. The second kappa shape index (κ2) is 6.16. The Labute approximate surface area is 148 Å². The molecule has 0 saturated heterocycles. The molecule has 0 fully saturated rings. The number of rotatable bonds is 0. The van der Waals surface area contributed by atoms with Gasteiger partial charge in [0.1, 0.15) is 40.8 Å². The maximum absolute atomic E-state index is 14.1. The molecule has 1 aliphatic heterocycles. The van der Waals surface area contributed by atoms with E-state index in [2.05, 4.69) is 20.7 Å². The van der Waals surface area contributed by atoms with Gasteiger partial charge in [-0.15, -0.1) is 5.10 Å². The molecule has 0 amide bonds. The number of nitriles is 1. The van der Waals surface area contributed by atoms with Crippen LogP contribution in [0, 0.1) is 17.1 Å². The third kappa shape index (κ3) is 2.66. The second-order valence-electron chi connectivity index (χ2n) is 6.04. The molecule has 2 aromatic heterocycles. The van der Waals surface area contributed by atoms with Crippen molar-refractivity contribution >= 4 is 23.0 Å². The average Bonchev–Trinajstić information content (AvgIpc) is 2.92. The van der Waals surface area contributed by atoms with Gasteiger partial charge in [0.2, 0.25) is 0 Å². The molecule has 2 bridgehead atoms. The number of nitrogens with two attached hydrogens (primary N) is 1. The van der Waals surface area contributed by atoms with Crippen LogP contribution >= 0.6 is 0 Å². The van der Waals surface area contributed by atoms with Gasteiger partial charge in [0.05, 0.1) is 5.56 Å². The van der Waals surface area contributed by atoms with Crippen molar-refractivity contribution in [3.8, 4) is 11.8 Å². The number of hydrogen-bond donors (Lipinski definition) is 3. The van der Waals surface area contributed by atoms with Crippen molar-refractivity contribution in [3.05, 3.63) is 41.3 Å². The lowest BCUT2D eigenvalue weighted by Gasteiger charge is -2.20. The van der Waals surface area contributed by atoms with Crippen molar-refractivity contribution in [1.82, 2.24) is 19.9 Å². The fraction of sp³-hybridized carbons (Fsp3) is 0.235. The number of nitrogen functional groups attached to an aromatic ring is 1. The Kier molecular flexibility index (Phi) is 3.82. The number of benzene rings is 1. The van der Waals surface area contributed by atoms with Crippen molar-refractivity contribution in [2.45, 2.75) is 19.6 Å². The minimum absolute atomic E-state index is 0.130. The van der Waals surface area contributed by atoms with E-state index in [4.69, 9.17) is 10.5 Å². The monoisotopic (exact) mass is 353 g/mol. The van der Waals surface area contributed by atoms with Crippen LogP contribution in [0.3, 0.4) is 0 Å². The molecule has 0 saturated carbocycles. The van der Waals surface area contributed by atoms with Crippen LogP contribution in [0.5, 0.6) is 5.75 Å². The lowest BCUT2D eigenvalue weighted by molar-refractivity contribution is 0.218. The van der Waals surface area contributed by atoms with Gasteiger partial charge in [-0.1, -0.05) is 0 Å². The van der Waals surface area contributed by atoms with Crippen LogP contribution in [0.2, 0.25) is 0 Å². The first-order valence-corrected chi connectivity index (χ1v) is 8.07. The standard InChI is InChI=1S/C17H16FN7O/c1-9-7-21-8-11-16(20)24-25-5-4-14(23-17(11)25)22-15-10(6-19)12(18)2-3-13(15)26-9/h2-5,9,21H,7-8H2,1H3,(H2,20,24)(H,22,23)/t9-/m0/s1. The number of ether oxygens (including phenoxy) is 1. The lowest BCUT2D eigenvalue weighted by Crippen LogP contribution is -2.29. The Morgan fingerprint density at radius 1 is 1.42 bits per heavy atom. The number of hydrogen-bond acceptors (Lipinski definition) is 7. The average molecular weight is 353 g/mol. The Hall–Kier alpha value is -3.38. The van der Waals surface area contributed by atoms with Crippen LogP contribution in [-0.2, 0) is 6.54 Å². The first kappa shape index (κ1) is 16.1. The van der Waals surface area contributed by atoms with Crippen molar-refractivity contribution < 1.29 is 9.13 Å². The number of aromatic nitrogens is 3. The zero-order valence-corrected chi connectivity index (χ0v) is 14.0. The van der Waals surface area contributed by atoms with E-state index >= 15 is 0 Å². The van der Waals surface area contributed by atoms with Crippen LogP contribution in [0.15, 0.2) is 24.4 Å². The van der Waals surface area contributed by atoms with Crippen LogP contribution in [0.4, 0.5) is 21.7 Å². The van der Waals surface area contributed by atoms with Crippen molar-refractivity contribution in [1.29, 1.82) is 5.26 Å². The minimum Gasteiger partial charge on any atom is -0.487 e. The lowest BCUT2D eigenvalue weighted by atomic mass is 10.1. The molecule has 0 aliphatic carbocycles. The molecule has 0 unspecified atom stereocenters. The Morgan fingerprint density at radius 2 is 2.27 bits per heavy atom. The van der Waals surface area contributed by atoms with Gasteiger partial charge in [0.15, 0.2) is 11.5 Å². The summed E-state index contributed by atoms with van der Waals surface area (Å²) in [7, 11) is 0. The molecule has 3 heterocycles. The summed E-state index contributed by atoms with van der Waals surface area (Å²) in [5.41, 5.74) is 7.46. The number of nitrogens with zero attached hydrogens (tertiary/aromatic N) is 4. The van der Waals surface area contributed by atoms with Gasteiger partial charge < -0.3 is 21.1 Å². The molecule has 9 heteroatoms. The minimum atomic E-state index is -0.629. The van der Waals surface area contributed by atoms with E-state index in [9.17, 15) is 9.65 Å². The molecule has 1 aliphatic rings. The highest BCUT2D eigenvalue weighted by Gasteiger charge is 2.20. The van der Waals surface area contributed by atoms with E-state index in [1.807, 2.05) is 13.0 Å². The molecule has 3 aromatic rings. The second-order valence-corrected chi connectivity index (χ2v) is 6.04.